The van der Waals surface area contributed by atoms with Crippen LogP contribution in [-0.2, 0) is 10.0 Å². The van der Waals surface area contributed by atoms with Crippen molar-refractivity contribution in [1.29, 1.82) is 0 Å². The second-order valence-electron chi connectivity index (χ2n) is 5.02. The normalized spacial score (nSPS) is 12.2. The molecule has 0 amide bonds. The molecule has 7 nitrogen and oxygen atoms in total. The van der Waals surface area contributed by atoms with Gasteiger partial charge in [0.05, 0.1) is 9.82 Å². The average molecular weight is 287 g/mol. The van der Waals surface area contributed by atoms with Crippen LogP contribution in [0.15, 0.2) is 23.1 Å². The van der Waals surface area contributed by atoms with Crippen molar-refractivity contribution in [3.05, 3.63) is 28.3 Å². The highest BCUT2D eigenvalue weighted by molar-refractivity contribution is 7.89. The third-order valence-corrected chi connectivity index (χ3v) is 3.67. The number of nitrogens with one attached hydrogen (secondary N) is 2. The number of nitrogens with zero attached hydrogens (tertiary/aromatic N) is 1. The van der Waals surface area contributed by atoms with E-state index in [4.69, 9.17) is 0 Å². The van der Waals surface area contributed by atoms with Crippen LogP contribution in [0.3, 0.4) is 0 Å². The monoisotopic (exact) mass is 287 g/mol. The Bertz CT molecular complexity index is 590. The lowest BCUT2D eigenvalue weighted by atomic mass is 10.1. The molecule has 0 spiro atoms. The van der Waals surface area contributed by atoms with Gasteiger partial charge in [-0.1, -0.05) is 0 Å². The molecule has 106 valence electrons. The van der Waals surface area contributed by atoms with Crippen molar-refractivity contribution in [2.75, 3.05) is 12.4 Å². The van der Waals surface area contributed by atoms with Crippen molar-refractivity contribution in [1.82, 2.24) is 4.72 Å². The van der Waals surface area contributed by atoms with Gasteiger partial charge >= 0.3 is 0 Å². The van der Waals surface area contributed by atoms with Crippen molar-refractivity contribution >= 4 is 21.4 Å². The molecule has 0 saturated carbocycles. The molecule has 0 atom stereocenters. The Balaban J connectivity index is 3.35. The molecule has 0 aliphatic carbocycles. The van der Waals surface area contributed by atoms with Crippen molar-refractivity contribution in [2.45, 2.75) is 31.2 Å². The van der Waals surface area contributed by atoms with Gasteiger partial charge in [0.15, 0.2) is 0 Å². The van der Waals surface area contributed by atoms with E-state index in [0.717, 1.165) is 6.07 Å². The SMILES string of the molecule is CNS(=O)(=O)c1ccc(NC(C)(C)C)c([N+](=O)[O-])c1. The minimum atomic E-state index is -3.70. The van der Waals surface area contributed by atoms with Crippen LogP contribution in [0.2, 0.25) is 0 Å². The Labute approximate surface area is 112 Å². The van der Waals surface area contributed by atoms with E-state index in [1.165, 1.54) is 19.2 Å². The molecular weight excluding hydrogens is 270 g/mol. The summed E-state index contributed by atoms with van der Waals surface area (Å²) in [5.74, 6) is 0. The van der Waals surface area contributed by atoms with E-state index in [0.29, 0.717) is 0 Å². The number of sulfonamides is 1. The molecule has 0 aromatic heterocycles. The number of benzene rings is 1. The molecule has 0 bridgehead atoms. The topological polar surface area (TPSA) is 101 Å². The molecule has 8 heteroatoms. The third kappa shape index (κ3) is 3.90. The molecule has 1 aromatic rings. The van der Waals surface area contributed by atoms with E-state index in [9.17, 15) is 18.5 Å². The summed E-state index contributed by atoms with van der Waals surface area (Å²) in [6.07, 6.45) is 0. The predicted molar refractivity (Wildman–Crippen MR) is 72.7 cm³/mol. The maximum atomic E-state index is 11.6. The van der Waals surface area contributed by atoms with Gasteiger partial charge in [-0.05, 0) is 40.0 Å². The van der Waals surface area contributed by atoms with Gasteiger partial charge in [-0.15, -0.1) is 0 Å². The first kappa shape index (κ1) is 15.4. The lowest BCUT2D eigenvalue weighted by Crippen LogP contribution is -2.26. The molecule has 1 rings (SSSR count). The van der Waals surface area contributed by atoms with Crippen LogP contribution in [-0.4, -0.2) is 25.9 Å². The van der Waals surface area contributed by atoms with Crippen LogP contribution < -0.4 is 10.0 Å². The van der Waals surface area contributed by atoms with Gasteiger partial charge in [0, 0.05) is 11.6 Å². The van der Waals surface area contributed by atoms with Gasteiger partial charge in [-0.25, -0.2) is 13.1 Å². The Morgan fingerprint density at radius 2 is 1.84 bits per heavy atom. The second kappa shape index (κ2) is 5.14. The molecule has 0 aliphatic rings. The summed E-state index contributed by atoms with van der Waals surface area (Å²) in [5, 5.41) is 14.0. The van der Waals surface area contributed by atoms with Crippen LogP contribution in [0, 0.1) is 10.1 Å². The van der Waals surface area contributed by atoms with Crippen LogP contribution >= 0.6 is 0 Å². The largest absolute Gasteiger partial charge is 0.375 e. The van der Waals surface area contributed by atoms with E-state index in [1.807, 2.05) is 20.8 Å². The Morgan fingerprint density at radius 3 is 2.26 bits per heavy atom. The first-order chi connectivity index (χ1) is 8.57. The third-order valence-electron chi connectivity index (χ3n) is 2.25. The number of rotatable bonds is 4. The van der Waals surface area contributed by atoms with Gasteiger partial charge in [-0.2, -0.15) is 0 Å². The van der Waals surface area contributed by atoms with E-state index >= 15 is 0 Å². The first-order valence-corrected chi connectivity index (χ1v) is 7.05. The number of nitro benzene ring substituents is 1. The molecular formula is C11H17N3O4S. The molecule has 0 heterocycles. The quantitative estimate of drug-likeness (QED) is 0.648. The van der Waals surface area contributed by atoms with Crippen LogP contribution in [0.5, 0.6) is 0 Å². The van der Waals surface area contributed by atoms with Crippen LogP contribution in [0.25, 0.3) is 0 Å². The number of hydrogen-bond donors (Lipinski definition) is 2. The summed E-state index contributed by atoms with van der Waals surface area (Å²) in [4.78, 5) is 10.3. The zero-order valence-electron chi connectivity index (χ0n) is 11.2. The fraction of sp³-hybridized carbons (Fsp3) is 0.455. The van der Waals surface area contributed by atoms with Gasteiger partial charge < -0.3 is 5.32 Å². The molecule has 19 heavy (non-hydrogen) atoms. The smallest absolute Gasteiger partial charge is 0.293 e. The Kier molecular flexibility index (Phi) is 4.16. The van der Waals surface area contributed by atoms with Crippen molar-refractivity contribution < 1.29 is 13.3 Å². The maximum absolute atomic E-state index is 11.6. The number of nitro groups is 1. The fourth-order valence-electron chi connectivity index (χ4n) is 1.46. The van der Waals surface area contributed by atoms with Crippen molar-refractivity contribution in [2.24, 2.45) is 0 Å². The Hall–Kier alpha value is -1.67. The van der Waals surface area contributed by atoms with E-state index in [2.05, 4.69) is 10.0 Å². The Morgan fingerprint density at radius 1 is 1.26 bits per heavy atom. The van der Waals surface area contributed by atoms with E-state index in [-0.39, 0.29) is 21.8 Å². The second-order valence-corrected chi connectivity index (χ2v) is 6.91. The van der Waals surface area contributed by atoms with Gasteiger partial charge in [0.25, 0.3) is 5.69 Å². The molecule has 2 N–H and O–H groups in total. The first-order valence-electron chi connectivity index (χ1n) is 5.57. The van der Waals surface area contributed by atoms with E-state index < -0.39 is 14.9 Å². The summed E-state index contributed by atoms with van der Waals surface area (Å²) < 4.78 is 25.4. The summed E-state index contributed by atoms with van der Waals surface area (Å²) in [7, 11) is -2.44. The minimum absolute atomic E-state index is 0.138. The van der Waals surface area contributed by atoms with Crippen LogP contribution in [0.1, 0.15) is 20.8 Å². The van der Waals surface area contributed by atoms with Crippen molar-refractivity contribution in [3.63, 3.8) is 0 Å². The molecule has 1 aromatic carbocycles. The van der Waals surface area contributed by atoms with Gasteiger partial charge in [0.1, 0.15) is 5.69 Å². The summed E-state index contributed by atoms with van der Waals surface area (Å²) in [5.41, 5.74) is -0.354. The summed E-state index contributed by atoms with van der Waals surface area (Å²) >= 11 is 0. The highest BCUT2D eigenvalue weighted by Gasteiger charge is 2.22. The number of hydrogen-bond acceptors (Lipinski definition) is 5. The van der Waals surface area contributed by atoms with Crippen molar-refractivity contribution in [3.8, 4) is 0 Å². The highest BCUT2D eigenvalue weighted by Crippen LogP contribution is 2.29. The predicted octanol–water partition coefficient (Wildman–Crippen LogP) is 1.71. The summed E-state index contributed by atoms with van der Waals surface area (Å²) in [6, 6.07) is 3.76. The molecule has 0 radical (unpaired) electrons. The van der Waals surface area contributed by atoms with E-state index in [1.54, 1.807) is 0 Å². The summed E-state index contributed by atoms with van der Waals surface area (Å²) in [6.45, 7) is 5.57. The lowest BCUT2D eigenvalue weighted by molar-refractivity contribution is -0.384. The molecule has 0 unspecified atom stereocenters. The highest BCUT2D eigenvalue weighted by atomic mass is 32.2. The lowest BCUT2D eigenvalue weighted by Gasteiger charge is -2.22. The molecule has 0 fully saturated rings. The maximum Gasteiger partial charge on any atom is 0.293 e. The van der Waals surface area contributed by atoms with Gasteiger partial charge in [0.2, 0.25) is 10.0 Å². The van der Waals surface area contributed by atoms with Crippen LogP contribution in [0.4, 0.5) is 11.4 Å². The zero-order chi connectivity index (χ0) is 14.8. The average Bonchev–Trinajstić information content (AvgIpc) is 2.26. The standard InChI is InChI=1S/C11H17N3O4S/c1-11(2,3)13-9-6-5-8(19(17,18)12-4)7-10(9)14(15)16/h5-7,12-13H,1-4H3. The molecule has 0 aliphatic heterocycles. The zero-order valence-corrected chi connectivity index (χ0v) is 12.0. The number of anilines is 1. The van der Waals surface area contributed by atoms with Gasteiger partial charge in [-0.3, -0.25) is 10.1 Å². The fourth-order valence-corrected chi connectivity index (χ4v) is 2.21. The molecule has 0 saturated heterocycles. The minimum Gasteiger partial charge on any atom is -0.375 e.